The molecule has 1 amide bonds. The van der Waals surface area contributed by atoms with E-state index in [1.165, 1.54) is 6.07 Å². The van der Waals surface area contributed by atoms with E-state index in [0.717, 1.165) is 29.4 Å². The Balaban J connectivity index is 1.54. The van der Waals surface area contributed by atoms with Gasteiger partial charge in [-0.25, -0.2) is 4.39 Å². The molecule has 5 nitrogen and oxygen atoms in total. The second kappa shape index (κ2) is 9.26. The second-order valence-electron chi connectivity index (χ2n) is 7.05. The Morgan fingerprint density at radius 3 is 2.54 bits per heavy atom. The molecular formula is C21H26ClFN3O2+. The molecule has 0 radical (unpaired) electrons. The Kier molecular flexibility index (Phi) is 6.75. The average Bonchev–Trinajstić information content (AvgIpc) is 2.71. The molecule has 1 heterocycles. The van der Waals surface area contributed by atoms with Gasteiger partial charge in [-0.1, -0.05) is 29.8 Å². The summed E-state index contributed by atoms with van der Waals surface area (Å²) in [6.45, 7) is 3.50. The Morgan fingerprint density at radius 2 is 1.86 bits per heavy atom. The Labute approximate surface area is 170 Å². The first-order valence-corrected chi connectivity index (χ1v) is 9.77. The van der Waals surface area contributed by atoms with Gasteiger partial charge in [0.2, 0.25) is 0 Å². The summed E-state index contributed by atoms with van der Waals surface area (Å²) in [5.74, 6) is 0.586. The van der Waals surface area contributed by atoms with Gasteiger partial charge in [-0.3, -0.25) is 4.79 Å². The minimum atomic E-state index is -0.329. The third kappa shape index (κ3) is 4.75. The van der Waals surface area contributed by atoms with Crippen molar-refractivity contribution < 1.29 is 18.8 Å². The molecule has 1 N–H and O–H groups in total. The largest absolute Gasteiger partial charge is 0.495 e. The number of nitrogens with zero attached hydrogens (tertiary/aromatic N) is 2. The van der Waals surface area contributed by atoms with Gasteiger partial charge < -0.3 is 19.4 Å². The fourth-order valence-electron chi connectivity index (χ4n) is 3.52. The van der Waals surface area contributed by atoms with Crippen LogP contribution in [0.3, 0.4) is 0 Å². The molecule has 0 saturated carbocycles. The van der Waals surface area contributed by atoms with Crippen LogP contribution in [0.25, 0.3) is 0 Å². The van der Waals surface area contributed by atoms with E-state index in [1.54, 1.807) is 19.2 Å². The van der Waals surface area contributed by atoms with Crippen LogP contribution in [0.1, 0.15) is 5.56 Å². The molecule has 1 aliphatic rings. The highest BCUT2D eigenvalue weighted by atomic mass is 35.5. The first-order chi connectivity index (χ1) is 13.5. The van der Waals surface area contributed by atoms with Crippen LogP contribution in [0.5, 0.6) is 5.75 Å². The van der Waals surface area contributed by atoms with Gasteiger partial charge in [-0.05, 0) is 24.3 Å². The number of piperazine rings is 1. The number of amides is 1. The van der Waals surface area contributed by atoms with Crippen molar-refractivity contribution in [3.63, 3.8) is 0 Å². The molecule has 150 valence electrons. The van der Waals surface area contributed by atoms with Crippen molar-refractivity contribution in [1.82, 2.24) is 4.90 Å². The van der Waals surface area contributed by atoms with Crippen LogP contribution in [0.2, 0.25) is 5.02 Å². The quantitative estimate of drug-likeness (QED) is 0.795. The third-order valence-corrected chi connectivity index (χ3v) is 5.41. The predicted molar refractivity (Wildman–Crippen MR) is 109 cm³/mol. The Morgan fingerprint density at radius 1 is 1.14 bits per heavy atom. The van der Waals surface area contributed by atoms with Gasteiger partial charge in [0, 0.05) is 26.2 Å². The van der Waals surface area contributed by atoms with Gasteiger partial charge in [-0.15, -0.1) is 0 Å². The SMILES string of the molecule is COc1ccccc1N1CCN(C(=O)C[NH+](C)Cc2c(F)cccc2Cl)CC1. The molecule has 2 aromatic carbocycles. The van der Waals surface area contributed by atoms with Crippen LogP contribution in [0, 0.1) is 5.82 Å². The minimum Gasteiger partial charge on any atom is -0.495 e. The lowest BCUT2D eigenvalue weighted by Crippen LogP contribution is -3.09. The van der Waals surface area contributed by atoms with Crippen molar-refractivity contribution in [1.29, 1.82) is 0 Å². The smallest absolute Gasteiger partial charge is 0.277 e. The summed E-state index contributed by atoms with van der Waals surface area (Å²) in [7, 11) is 3.55. The highest BCUT2D eigenvalue weighted by Crippen LogP contribution is 2.28. The first-order valence-electron chi connectivity index (χ1n) is 9.39. The predicted octanol–water partition coefficient (Wildman–Crippen LogP) is 1.85. The Bertz CT molecular complexity index is 805. The lowest BCUT2D eigenvalue weighted by atomic mass is 10.2. The number of quaternary nitrogens is 1. The van der Waals surface area contributed by atoms with Crippen LogP contribution < -0.4 is 14.5 Å². The van der Waals surface area contributed by atoms with E-state index in [4.69, 9.17) is 16.3 Å². The zero-order chi connectivity index (χ0) is 20.1. The zero-order valence-electron chi connectivity index (χ0n) is 16.3. The zero-order valence-corrected chi connectivity index (χ0v) is 17.0. The highest BCUT2D eigenvalue weighted by molar-refractivity contribution is 6.31. The van der Waals surface area contributed by atoms with E-state index in [0.29, 0.717) is 36.8 Å². The maximum atomic E-state index is 14.0. The fourth-order valence-corrected chi connectivity index (χ4v) is 3.75. The van der Waals surface area contributed by atoms with Crippen LogP contribution >= 0.6 is 11.6 Å². The van der Waals surface area contributed by atoms with Gasteiger partial charge in [0.15, 0.2) is 6.54 Å². The molecule has 0 spiro atoms. The second-order valence-corrected chi connectivity index (χ2v) is 7.46. The normalized spacial score (nSPS) is 15.4. The summed E-state index contributed by atoms with van der Waals surface area (Å²) >= 11 is 6.09. The summed E-state index contributed by atoms with van der Waals surface area (Å²) in [5, 5.41) is 0.400. The number of para-hydroxylation sites is 2. The van der Waals surface area contributed by atoms with E-state index < -0.39 is 0 Å². The summed E-state index contributed by atoms with van der Waals surface area (Å²) in [6, 6.07) is 12.6. The van der Waals surface area contributed by atoms with Crippen LogP contribution in [0.15, 0.2) is 42.5 Å². The van der Waals surface area contributed by atoms with Crippen molar-refractivity contribution in [2.75, 3.05) is 51.8 Å². The number of halogens is 2. The maximum absolute atomic E-state index is 14.0. The number of carbonyl (C=O) groups is 1. The van der Waals surface area contributed by atoms with E-state index in [1.807, 2.05) is 36.2 Å². The highest BCUT2D eigenvalue weighted by Gasteiger charge is 2.25. The van der Waals surface area contributed by atoms with Gasteiger partial charge in [0.25, 0.3) is 5.91 Å². The standard InChI is InChI=1S/C21H25ClFN3O2/c1-24(14-16-17(22)6-5-7-18(16)23)15-21(27)26-12-10-25(11-13-26)19-8-3-4-9-20(19)28-2/h3-9H,10-15H2,1-2H3/p+1. The molecule has 1 aliphatic heterocycles. The Hall–Kier alpha value is -2.31. The molecule has 0 aromatic heterocycles. The van der Waals surface area contributed by atoms with Gasteiger partial charge in [0.05, 0.1) is 30.4 Å². The molecule has 1 saturated heterocycles. The summed E-state index contributed by atoms with van der Waals surface area (Å²) < 4.78 is 19.4. The lowest BCUT2D eigenvalue weighted by molar-refractivity contribution is -0.885. The molecule has 2 aromatic rings. The molecule has 28 heavy (non-hydrogen) atoms. The number of benzene rings is 2. The van der Waals surface area contributed by atoms with Crippen molar-refractivity contribution in [2.24, 2.45) is 0 Å². The van der Waals surface area contributed by atoms with Crippen LogP contribution in [-0.4, -0.2) is 57.7 Å². The van der Waals surface area contributed by atoms with Crippen molar-refractivity contribution in [3.05, 3.63) is 58.9 Å². The molecule has 0 bridgehead atoms. The topological polar surface area (TPSA) is 37.2 Å². The van der Waals surface area contributed by atoms with Crippen LogP contribution in [0.4, 0.5) is 10.1 Å². The molecule has 1 fully saturated rings. The van der Waals surface area contributed by atoms with Crippen LogP contribution in [-0.2, 0) is 11.3 Å². The summed E-state index contributed by atoms with van der Waals surface area (Å²) in [5.41, 5.74) is 1.50. The maximum Gasteiger partial charge on any atom is 0.277 e. The number of anilines is 1. The summed E-state index contributed by atoms with van der Waals surface area (Å²) in [6.07, 6.45) is 0. The molecule has 3 rings (SSSR count). The number of likely N-dealkylation sites (N-methyl/N-ethyl adjacent to an activating group) is 1. The summed E-state index contributed by atoms with van der Waals surface area (Å²) in [4.78, 5) is 17.7. The van der Waals surface area contributed by atoms with Crippen molar-refractivity contribution in [3.8, 4) is 5.75 Å². The average molecular weight is 407 g/mol. The number of hydrogen-bond acceptors (Lipinski definition) is 3. The van der Waals surface area contributed by atoms with Gasteiger partial charge in [0.1, 0.15) is 18.1 Å². The fraction of sp³-hybridized carbons (Fsp3) is 0.381. The van der Waals surface area contributed by atoms with Crippen molar-refractivity contribution in [2.45, 2.75) is 6.54 Å². The number of methoxy groups -OCH3 is 1. The number of carbonyl (C=O) groups excluding carboxylic acids is 1. The number of nitrogens with one attached hydrogen (secondary N) is 1. The minimum absolute atomic E-state index is 0.0737. The van der Waals surface area contributed by atoms with Gasteiger partial charge >= 0.3 is 0 Å². The molecule has 1 unspecified atom stereocenters. The lowest BCUT2D eigenvalue weighted by Gasteiger charge is -2.36. The number of ether oxygens (including phenoxy) is 1. The molecule has 7 heteroatoms. The third-order valence-electron chi connectivity index (χ3n) is 5.05. The first kappa shape index (κ1) is 20.4. The van der Waals surface area contributed by atoms with E-state index in [-0.39, 0.29) is 11.7 Å². The molecular weight excluding hydrogens is 381 g/mol. The van der Waals surface area contributed by atoms with E-state index in [9.17, 15) is 9.18 Å². The number of hydrogen-bond donors (Lipinski definition) is 1. The van der Waals surface area contributed by atoms with Gasteiger partial charge in [-0.2, -0.15) is 0 Å². The molecule has 0 aliphatic carbocycles. The van der Waals surface area contributed by atoms with E-state index in [2.05, 4.69) is 4.90 Å². The molecule has 1 atom stereocenters. The number of rotatable bonds is 6. The monoisotopic (exact) mass is 406 g/mol. The van der Waals surface area contributed by atoms with Crippen molar-refractivity contribution >= 4 is 23.2 Å². The van der Waals surface area contributed by atoms with E-state index >= 15 is 0 Å².